The average Bonchev–Trinajstić information content (AvgIpc) is 2.28. The monoisotopic (exact) mass is 303 g/mol. The highest BCUT2D eigenvalue weighted by molar-refractivity contribution is 9.10. The summed E-state index contributed by atoms with van der Waals surface area (Å²) in [4.78, 5) is 0. The van der Waals surface area contributed by atoms with Gasteiger partial charge < -0.3 is 10.5 Å². The average molecular weight is 305 g/mol. The third-order valence-corrected chi connectivity index (χ3v) is 3.65. The van der Waals surface area contributed by atoms with Crippen molar-refractivity contribution in [3.8, 4) is 0 Å². The lowest BCUT2D eigenvalue weighted by molar-refractivity contribution is 0.0447. The lowest BCUT2D eigenvalue weighted by Gasteiger charge is -2.28. The topological polar surface area (TPSA) is 35.2 Å². The van der Waals surface area contributed by atoms with Crippen LogP contribution in [0.3, 0.4) is 0 Å². The van der Waals surface area contributed by atoms with E-state index in [0.29, 0.717) is 5.92 Å². The van der Waals surface area contributed by atoms with Gasteiger partial charge >= 0.3 is 0 Å². The SMILES string of the molecule is NC(c1cc(Cl)cc(Br)c1)C1CCCOC1. The first-order valence-electron chi connectivity index (χ1n) is 5.46. The molecule has 1 fully saturated rings. The second kappa shape index (κ2) is 5.50. The number of hydrogen-bond acceptors (Lipinski definition) is 2. The molecule has 1 aliphatic rings. The molecule has 4 heteroatoms. The van der Waals surface area contributed by atoms with Crippen LogP contribution in [0.1, 0.15) is 24.4 Å². The van der Waals surface area contributed by atoms with E-state index in [9.17, 15) is 0 Å². The van der Waals surface area contributed by atoms with E-state index >= 15 is 0 Å². The lowest BCUT2D eigenvalue weighted by atomic mass is 9.89. The van der Waals surface area contributed by atoms with Crippen molar-refractivity contribution in [2.45, 2.75) is 18.9 Å². The van der Waals surface area contributed by atoms with Crippen LogP contribution in [0.2, 0.25) is 5.02 Å². The van der Waals surface area contributed by atoms with Crippen LogP contribution < -0.4 is 5.73 Å². The Morgan fingerprint density at radius 1 is 1.44 bits per heavy atom. The molecule has 1 heterocycles. The summed E-state index contributed by atoms with van der Waals surface area (Å²) in [7, 11) is 0. The molecule has 16 heavy (non-hydrogen) atoms. The van der Waals surface area contributed by atoms with E-state index in [1.807, 2.05) is 18.2 Å². The minimum atomic E-state index is 0.00954. The molecule has 0 bridgehead atoms. The summed E-state index contributed by atoms with van der Waals surface area (Å²) in [5.74, 6) is 0.402. The molecule has 0 aromatic heterocycles. The molecule has 88 valence electrons. The van der Waals surface area contributed by atoms with Gasteiger partial charge in [-0.1, -0.05) is 27.5 Å². The maximum Gasteiger partial charge on any atom is 0.0512 e. The maximum absolute atomic E-state index is 6.25. The third-order valence-electron chi connectivity index (χ3n) is 2.97. The summed E-state index contributed by atoms with van der Waals surface area (Å²) in [6.45, 7) is 1.62. The predicted molar refractivity (Wildman–Crippen MR) is 69.6 cm³/mol. The van der Waals surface area contributed by atoms with Crippen LogP contribution >= 0.6 is 27.5 Å². The highest BCUT2D eigenvalue weighted by Crippen LogP contribution is 2.30. The summed E-state index contributed by atoms with van der Waals surface area (Å²) >= 11 is 9.45. The Kier molecular flexibility index (Phi) is 4.25. The smallest absolute Gasteiger partial charge is 0.0512 e. The summed E-state index contributed by atoms with van der Waals surface area (Å²) in [5, 5.41) is 0.719. The van der Waals surface area contributed by atoms with Crippen LogP contribution in [-0.2, 0) is 4.74 Å². The Morgan fingerprint density at radius 3 is 2.88 bits per heavy atom. The molecule has 2 atom stereocenters. The molecule has 1 aromatic rings. The fourth-order valence-electron chi connectivity index (χ4n) is 2.09. The lowest BCUT2D eigenvalue weighted by Crippen LogP contribution is -2.29. The molecule has 2 nitrogen and oxygen atoms in total. The molecule has 2 rings (SSSR count). The van der Waals surface area contributed by atoms with E-state index in [1.165, 1.54) is 0 Å². The molecule has 0 radical (unpaired) electrons. The minimum absolute atomic E-state index is 0.00954. The van der Waals surface area contributed by atoms with Gasteiger partial charge in [0.05, 0.1) is 6.61 Å². The van der Waals surface area contributed by atoms with Gasteiger partial charge in [0, 0.05) is 28.1 Å². The molecular weight excluding hydrogens is 289 g/mol. The van der Waals surface area contributed by atoms with Crippen LogP contribution in [0.15, 0.2) is 22.7 Å². The molecule has 0 spiro atoms. The number of ether oxygens (including phenoxy) is 1. The van der Waals surface area contributed by atoms with Crippen LogP contribution in [0, 0.1) is 5.92 Å². The number of halogens is 2. The largest absolute Gasteiger partial charge is 0.381 e. The molecule has 1 aliphatic heterocycles. The molecular formula is C12H15BrClNO. The van der Waals surface area contributed by atoms with E-state index in [4.69, 9.17) is 22.1 Å². The summed E-state index contributed by atoms with van der Waals surface area (Å²) in [6.07, 6.45) is 2.23. The molecule has 1 aromatic carbocycles. The van der Waals surface area contributed by atoms with Gasteiger partial charge in [-0.05, 0) is 36.6 Å². The molecule has 0 saturated carbocycles. The maximum atomic E-state index is 6.25. The zero-order valence-electron chi connectivity index (χ0n) is 8.96. The zero-order chi connectivity index (χ0) is 11.5. The van der Waals surface area contributed by atoms with Gasteiger partial charge in [-0.25, -0.2) is 0 Å². The Balaban J connectivity index is 2.15. The Labute approximate surface area is 109 Å². The number of nitrogens with two attached hydrogens (primary N) is 1. The predicted octanol–water partition coefficient (Wildman–Crippen LogP) is 3.53. The van der Waals surface area contributed by atoms with E-state index < -0.39 is 0 Å². The van der Waals surface area contributed by atoms with Crippen molar-refractivity contribution >= 4 is 27.5 Å². The fourth-order valence-corrected chi connectivity index (χ4v) is 2.97. The Morgan fingerprint density at radius 2 is 2.25 bits per heavy atom. The Bertz CT molecular complexity index is 346. The van der Waals surface area contributed by atoms with Gasteiger partial charge in [-0.3, -0.25) is 0 Å². The van der Waals surface area contributed by atoms with E-state index in [2.05, 4.69) is 15.9 Å². The van der Waals surface area contributed by atoms with Crippen molar-refractivity contribution in [1.82, 2.24) is 0 Å². The highest BCUT2D eigenvalue weighted by Gasteiger charge is 2.22. The number of rotatable bonds is 2. The van der Waals surface area contributed by atoms with Gasteiger partial charge in [0.25, 0.3) is 0 Å². The number of hydrogen-bond donors (Lipinski definition) is 1. The highest BCUT2D eigenvalue weighted by atomic mass is 79.9. The van der Waals surface area contributed by atoms with Gasteiger partial charge in [0.2, 0.25) is 0 Å². The Hall–Kier alpha value is -0.0900. The fraction of sp³-hybridized carbons (Fsp3) is 0.500. The van der Waals surface area contributed by atoms with Gasteiger partial charge in [0.1, 0.15) is 0 Å². The van der Waals surface area contributed by atoms with E-state index in [0.717, 1.165) is 41.1 Å². The second-order valence-electron chi connectivity index (χ2n) is 4.21. The first-order chi connectivity index (χ1) is 7.66. The van der Waals surface area contributed by atoms with Crippen molar-refractivity contribution in [2.75, 3.05) is 13.2 Å². The van der Waals surface area contributed by atoms with Crippen LogP contribution in [0.4, 0.5) is 0 Å². The van der Waals surface area contributed by atoms with Crippen molar-refractivity contribution < 1.29 is 4.74 Å². The van der Waals surface area contributed by atoms with Crippen LogP contribution in [-0.4, -0.2) is 13.2 Å². The van der Waals surface area contributed by atoms with E-state index in [-0.39, 0.29) is 6.04 Å². The normalized spacial score (nSPS) is 23.1. The van der Waals surface area contributed by atoms with Crippen molar-refractivity contribution in [3.63, 3.8) is 0 Å². The molecule has 1 saturated heterocycles. The van der Waals surface area contributed by atoms with E-state index in [1.54, 1.807) is 0 Å². The summed E-state index contributed by atoms with van der Waals surface area (Å²) in [6, 6.07) is 5.85. The van der Waals surface area contributed by atoms with Crippen molar-refractivity contribution in [2.24, 2.45) is 11.7 Å². The van der Waals surface area contributed by atoms with Gasteiger partial charge in [0.15, 0.2) is 0 Å². The third kappa shape index (κ3) is 2.98. The first kappa shape index (κ1) is 12.4. The molecule has 0 amide bonds. The molecule has 2 N–H and O–H groups in total. The van der Waals surface area contributed by atoms with Gasteiger partial charge in [-0.2, -0.15) is 0 Å². The molecule has 0 aliphatic carbocycles. The quantitative estimate of drug-likeness (QED) is 0.907. The first-order valence-corrected chi connectivity index (χ1v) is 6.63. The standard InChI is InChI=1S/C12H15BrClNO/c13-10-4-9(5-11(14)6-10)12(15)8-2-1-3-16-7-8/h4-6,8,12H,1-3,7,15H2. The van der Waals surface area contributed by atoms with Crippen molar-refractivity contribution in [3.05, 3.63) is 33.3 Å². The van der Waals surface area contributed by atoms with Crippen LogP contribution in [0.25, 0.3) is 0 Å². The molecule has 2 unspecified atom stereocenters. The van der Waals surface area contributed by atoms with Crippen molar-refractivity contribution in [1.29, 1.82) is 0 Å². The second-order valence-corrected chi connectivity index (χ2v) is 5.56. The number of benzene rings is 1. The van der Waals surface area contributed by atoms with Gasteiger partial charge in [-0.15, -0.1) is 0 Å². The zero-order valence-corrected chi connectivity index (χ0v) is 11.3. The summed E-state index contributed by atoms with van der Waals surface area (Å²) in [5.41, 5.74) is 7.33. The minimum Gasteiger partial charge on any atom is -0.381 e. The summed E-state index contributed by atoms with van der Waals surface area (Å²) < 4.78 is 6.43. The van der Waals surface area contributed by atoms with Crippen LogP contribution in [0.5, 0.6) is 0 Å².